The summed E-state index contributed by atoms with van der Waals surface area (Å²) in [5, 5.41) is 1.19. The van der Waals surface area contributed by atoms with E-state index >= 15 is 0 Å². The first-order chi connectivity index (χ1) is 7.66. The summed E-state index contributed by atoms with van der Waals surface area (Å²) in [6, 6.07) is 7.52. The van der Waals surface area contributed by atoms with E-state index in [1.165, 1.54) is 5.01 Å². The lowest BCUT2D eigenvalue weighted by Crippen LogP contribution is -2.38. The lowest BCUT2D eigenvalue weighted by atomic mass is 10.2. The third kappa shape index (κ3) is 3.32. The molecule has 0 atom stereocenters. The van der Waals surface area contributed by atoms with Gasteiger partial charge < -0.3 is 4.74 Å². The minimum Gasteiger partial charge on any atom is -0.381 e. The summed E-state index contributed by atoms with van der Waals surface area (Å²) in [6.45, 7) is 4.84. The van der Waals surface area contributed by atoms with Crippen molar-refractivity contribution < 1.29 is 9.53 Å². The molecule has 0 aromatic heterocycles. The number of hydrogen-bond donors (Lipinski definition) is 1. The molecule has 0 bridgehead atoms. The lowest BCUT2D eigenvalue weighted by molar-refractivity contribution is -0.119. The van der Waals surface area contributed by atoms with Crippen molar-refractivity contribution in [2.75, 3.05) is 18.2 Å². The zero-order valence-corrected chi connectivity index (χ0v) is 9.77. The maximum atomic E-state index is 11.7. The Morgan fingerprint density at radius 1 is 1.44 bits per heavy atom. The van der Waals surface area contributed by atoms with Crippen LogP contribution in [0.15, 0.2) is 24.3 Å². The molecule has 0 aliphatic rings. The number of para-hydroxylation sites is 1. The van der Waals surface area contributed by atoms with Crippen LogP contribution in [0.1, 0.15) is 18.9 Å². The van der Waals surface area contributed by atoms with E-state index in [1.54, 1.807) is 0 Å². The molecule has 1 rings (SSSR count). The maximum absolute atomic E-state index is 11.7. The van der Waals surface area contributed by atoms with Crippen LogP contribution in [-0.2, 0) is 9.53 Å². The molecule has 0 saturated carbocycles. The zero-order chi connectivity index (χ0) is 12.0. The molecule has 88 valence electrons. The van der Waals surface area contributed by atoms with Crippen LogP contribution in [0, 0.1) is 6.92 Å². The molecule has 4 nitrogen and oxygen atoms in total. The first kappa shape index (κ1) is 12.7. The molecule has 0 saturated heterocycles. The van der Waals surface area contributed by atoms with Crippen molar-refractivity contribution in [3.63, 3.8) is 0 Å². The zero-order valence-electron chi connectivity index (χ0n) is 9.77. The molecule has 4 heteroatoms. The second-order valence-corrected chi connectivity index (χ2v) is 3.50. The fourth-order valence-electron chi connectivity index (χ4n) is 1.39. The minimum absolute atomic E-state index is 0.136. The SMILES string of the molecule is CCOCCC(=O)N(N)c1ccccc1C. The van der Waals surface area contributed by atoms with E-state index in [2.05, 4.69) is 0 Å². The van der Waals surface area contributed by atoms with Gasteiger partial charge in [-0.2, -0.15) is 0 Å². The molecule has 0 fully saturated rings. The standard InChI is InChI=1S/C12H18N2O2/c1-3-16-9-8-12(15)14(13)11-7-5-4-6-10(11)2/h4-7H,3,8-9,13H2,1-2H3. The minimum atomic E-state index is -0.136. The number of ether oxygens (including phenoxy) is 1. The molecular formula is C12H18N2O2. The Bertz CT molecular complexity index is 353. The van der Waals surface area contributed by atoms with Gasteiger partial charge in [-0.05, 0) is 25.5 Å². The van der Waals surface area contributed by atoms with Crippen LogP contribution in [0.5, 0.6) is 0 Å². The summed E-state index contributed by atoms with van der Waals surface area (Å²) < 4.78 is 5.12. The second-order valence-electron chi connectivity index (χ2n) is 3.50. The molecular weight excluding hydrogens is 204 g/mol. The van der Waals surface area contributed by atoms with Crippen LogP contribution in [0.2, 0.25) is 0 Å². The molecule has 1 amide bonds. The average Bonchev–Trinajstić information content (AvgIpc) is 2.29. The Labute approximate surface area is 96.0 Å². The van der Waals surface area contributed by atoms with E-state index in [4.69, 9.17) is 10.6 Å². The quantitative estimate of drug-likeness (QED) is 0.356. The normalized spacial score (nSPS) is 10.2. The number of rotatable bonds is 5. The van der Waals surface area contributed by atoms with E-state index < -0.39 is 0 Å². The van der Waals surface area contributed by atoms with Crippen LogP contribution >= 0.6 is 0 Å². The van der Waals surface area contributed by atoms with Crippen LogP contribution < -0.4 is 10.9 Å². The molecule has 1 aromatic carbocycles. The van der Waals surface area contributed by atoms with Gasteiger partial charge in [0.25, 0.3) is 0 Å². The summed E-state index contributed by atoms with van der Waals surface area (Å²) in [6.07, 6.45) is 0.304. The summed E-state index contributed by atoms with van der Waals surface area (Å²) in [7, 11) is 0. The highest BCUT2D eigenvalue weighted by Gasteiger charge is 2.12. The predicted molar refractivity (Wildman–Crippen MR) is 64.0 cm³/mol. The number of benzene rings is 1. The predicted octanol–water partition coefficient (Wildman–Crippen LogP) is 1.63. The van der Waals surface area contributed by atoms with Gasteiger partial charge in [-0.25, -0.2) is 10.9 Å². The van der Waals surface area contributed by atoms with Crippen molar-refractivity contribution in [3.8, 4) is 0 Å². The van der Waals surface area contributed by atoms with Gasteiger partial charge in [0.2, 0.25) is 5.91 Å². The van der Waals surface area contributed by atoms with Crippen molar-refractivity contribution in [2.45, 2.75) is 20.3 Å². The third-order valence-corrected chi connectivity index (χ3v) is 2.31. The highest BCUT2D eigenvalue weighted by atomic mass is 16.5. The van der Waals surface area contributed by atoms with Crippen molar-refractivity contribution in [1.82, 2.24) is 0 Å². The van der Waals surface area contributed by atoms with E-state index in [9.17, 15) is 4.79 Å². The summed E-state index contributed by atoms with van der Waals surface area (Å²) >= 11 is 0. The van der Waals surface area contributed by atoms with E-state index in [0.29, 0.717) is 19.6 Å². The number of amides is 1. The van der Waals surface area contributed by atoms with Gasteiger partial charge in [0.15, 0.2) is 0 Å². The third-order valence-electron chi connectivity index (χ3n) is 2.31. The fraction of sp³-hybridized carbons (Fsp3) is 0.417. The monoisotopic (exact) mass is 222 g/mol. The van der Waals surface area contributed by atoms with Gasteiger partial charge in [0.1, 0.15) is 0 Å². The van der Waals surface area contributed by atoms with E-state index in [1.807, 2.05) is 38.1 Å². The molecule has 0 aliphatic carbocycles. The van der Waals surface area contributed by atoms with Gasteiger partial charge in [0.05, 0.1) is 18.7 Å². The van der Waals surface area contributed by atoms with Gasteiger partial charge in [-0.15, -0.1) is 0 Å². The van der Waals surface area contributed by atoms with Crippen LogP contribution in [0.25, 0.3) is 0 Å². The number of carbonyl (C=O) groups excluding carboxylic acids is 1. The molecule has 2 N–H and O–H groups in total. The van der Waals surface area contributed by atoms with Crippen molar-refractivity contribution >= 4 is 11.6 Å². The van der Waals surface area contributed by atoms with Crippen LogP contribution in [-0.4, -0.2) is 19.1 Å². The molecule has 0 spiro atoms. The smallest absolute Gasteiger partial charge is 0.243 e. The largest absolute Gasteiger partial charge is 0.381 e. The Morgan fingerprint density at radius 2 is 2.12 bits per heavy atom. The number of nitrogens with zero attached hydrogens (tertiary/aromatic N) is 1. The first-order valence-electron chi connectivity index (χ1n) is 5.37. The highest BCUT2D eigenvalue weighted by molar-refractivity contribution is 5.92. The number of hydrazine groups is 1. The van der Waals surface area contributed by atoms with E-state index in [0.717, 1.165) is 11.3 Å². The Morgan fingerprint density at radius 3 is 2.75 bits per heavy atom. The summed E-state index contributed by atoms with van der Waals surface area (Å²) in [5.41, 5.74) is 1.72. The topological polar surface area (TPSA) is 55.6 Å². The molecule has 0 aliphatic heterocycles. The molecule has 1 aromatic rings. The van der Waals surface area contributed by atoms with Crippen LogP contribution in [0.4, 0.5) is 5.69 Å². The molecule has 0 unspecified atom stereocenters. The van der Waals surface area contributed by atoms with Gasteiger partial charge in [0, 0.05) is 6.61 Å². The van der Waals surface area contributed by atoms with Gasteiger partial charge in [-0.3, -0.25) is 4.79 Å². The van der Waals surface area contributed by atoms with Crippen molar-refractivity contribution in [1.29, 1.82) is 0 Å². The first-order valence-corrected chi connectivity index (χ1v) is 5.37. The number of nitrogens with two attached hydrogens (primary N) is 1. The average molecular weight is 222 g/mol. The number of carbonyl (C=O) groups is 1. The number of hydrogen-bond acceptors (Lipinski definition) is 3. The van der Waals surface area contributed by atoms with Gasteiger partial charge >= 0.3 is 0 Å². The molecule has 16 heavy (non-hydrogen) atoms. The molecule has 0 radical (unpaired) electrons. The maximum Gasteiger partial charge on any atom is 0.243 e. The second kappa shape index (κ2) is 6.25. The van der Waals surface area contributed by atoms with Gasteiger partial charge in [-0.1, -0.05) is 18.2 Å². The Hall–Kier alpha value is -1.39. The van der Waals surface area contributed by atoms with Crippen LogP contribution in [0.3, 0.4) is 0 Å². The van der Waals surface area contributed by atoms with Crippen molar-refractivity contribution in [3.05, 3.63) is 29.8 Å². The number of aryl methyl sites for hydroxylation is 1. The Balaban J connectivity index is 2.60. The van der Waals surface area contributed by atoms with E-state index in [-0.39, 0.29) is 5.91 Å². The lowest BCUT2D eigenvalue weighted by Gasteiger charge is -2.18. The van der Waals surface area contributed by atoms with Crippen molar-refractivity contribution in [2.24, 2.45) is 5.84 Å². The summed E-state index contributed by atoms with van der Waals surface area (Å²) in [5.74, 6) is 5.61. The summed E-state index contributed by atoms with van der Waals surface area (Å²) in [4.78, 5) is 11.7. The number of anilines is 1. The highest BCUT2D eigenvalue weighted by Crippen LogP contribution is 2.16. The molecule has 0 heterocycles. The fourth-order valence-corrected chi connectivity index (χ4v) is 1.39. The Kier molecular flexibility index (Phi) is 4.95.